The first-order chi connectivity index (χ1) is 8.07. The van der Waals surface area contributed by atoms with Crippen molar-refractivity contribution in [2.75, 3.05) is 11.6 Å². The number of hydrogen-bond donors (Lipinski definition) is 1. The van der Waals surface area contributed by atoms with Crippen LogP contribution in [0.25, 0.3) is 0 Å². The van der Waals surface area contributed by atoms with Crippen LogP contribution in [-0.4, -0.2) is 19.7 Å². The molecule has 1 heterocycles. The Morgan fingerprint density at radius 1 is 1.35 bits per heavy atom. The third kappa shape index (κ3) is 2.85. The lowest BCUT2D eigenvalue weighted by Crippen LogP contribution is -2.05. The highest BCUT2D eigenvalue weighted by Gasteiger charge is 2.12. The van der Waals surface area contributed by atoms with Gasteiger partial charge in [0.05, 0.1) is 23.3 Å². The molecule has 0 aliphatic carbocycles. The summed E-state index contributed by atoms with van der Waals surface area (Å²) >= 11 is 0. The second-order valence-electron chi connectivity index (χ2n) is 3.59. The van der Waals surface area contributed by atoms with Crippen molar-refractivity contribution in [1.29, 1.82) is 0 Å². The van der Waals surface area contributed by atoms with Gasteiger partial charge in [-0.1, -0.05) is 12.1 Å². The average Bonchev–Trinajstić information content (AvgIpc) is 2.78. The second kappa shape index (κ2) is 4.58. The number of sulfone groups is 1. The summed E-state index contributed by atoms with van der Waals surface area (Å²) in [6, 6.07) is 6.75. The van der Waals surface area contributed by atoms with Crippen LogP contribution >= 0.6 is 0 Å². The van der Waals surface area contributed by atoms with Crippen LogP contribution in [0.15, 0.2) is 46.2 Å². The van der Waals surface area contributed by atoms with Gasteiger partial charge in [0.15, 0.2) is 16.2 Å². The van der Waals surface area contributed by atoms with Gasteiger partial charge in [0.1, 0.15) is 5.76 Å². The Bertz CT molecular complexity index is 591. The Morgan fingerprint density at radius 2 is 2.12 bits per heavy atom. The molecule has 2 rings (SSSR count). The molecule has 0 aliphatic rings. The SMILES string of the molecule is CS(=O)(=O)c1ccccc1NCc1cnco1. The third-order valence-corrected chi connectivity index (χ3v) is 3.38. The molecule has 0 aliphatic heterocycles. The summed E-state index contributed by atoms with van der Waals surface area (Å²) in [7, 11) is -3.23. The Hall–Kier alpha value is -1.82. The van der Waals surface area contributed by atoms with Crippen LogP contribution in [0.4, 0.5) is 5.69 Å². The molecule has 1 N–H and O–H groups in total. The molecule has 0 radical (unpaired) electrons. The summed E-state index contributed by atoms with van der Waals surface area (Å²) in [6.45, 7) is 0.395. The van der Waals surface area contributed by atoms with Crippen LogP contribution in [0.1, 0.15) is 5.76 Å². The molecule has 0 amide bonds. The number of anilines is 1. The lowest BCUT2D eigenvalue weighted by molar-refractivity contribution is 0.511. The fraction of sp³-hybridized carbons (Fsp3) is 0.182. The van der Waals surface area contributed by atoms with E-state index in [9.17, 15) is 8.42 Å². The van der Waals surface area contributed by atoms with E-state index in [4.69, 9.17) is 4.42 Å². The van der Waals surface area contributed by atoms with E-state index in [2.05, 4.69) is 10.3 Å². The molecular weight excluding hydrogens is 240 g/mol. The monoisotopic (exact) mass is 252 g/mol. The zero-order valence-corrected chi connectivity index (χ0v) is 10.1. The topological polar surface area (TPSA) is 72.2 Å². The van der Waals surface area contributed by atoms with Crippen molar-refractivity contribution in [3.05, 3.63) is 42.6 Å². The Labute approximate surface area is 99.4 Å². The van der Waals surface area contributed by atoms with Crippen molar-refractivity contribution >= 4 is 15.5 Å². The van der Waals surface area contributed by atoms with Crippen LogP contribution < -0.4 is 5.32 Å². The van der Waals surface area contributed by atoms with Gasteiger partial charge in [-0.3, -0.25) is 0 Å². The van der Waals surface area contributed by atoms with Gasteiger partial charge in [0.2, 0.25) is 0 Å². The lowest BCUT2D eigenvalue weighted by atomic mass is 10.3. The van der Waals surface area contributed by atoms with Crippen LogP contribution in [0.2, 0.25) is 0 Å². The van der Waals surface area contributed by atoms with E-state index in [1.165, 1.54) is 12.6 Å². The number of benzene rings is 1. The quantitative estimate of drug-likeness (QED) is 0.896. The zero-order valence-electron chi connectivity index (χ0n) is 9.25. The van der Waals surface area contributed by atoms with Crippen molar-refractivity contribution in [3.8, 4) is 0 Å². The average molecular weight is 252 g/mol. The van der Waals surface area contributed by atoms with Crippen molar-refractivity contribution < 1.29 is 12.8 Å². The molecule has 0 atom stereocenters. The maximum atomic E-state index is 11.5. The van der Waals surface area contributed by atoms with Gasteiger partial charge in [-0.2, -0.15) is 0 Å². The summed E-state index contributed by atoms with van der Waals surface area (Å²) in [5.41, 5.74) is 0.561. The van der Waals surface area contributed by atoms with Gasteiger partial charge in [0, 0.05) is 6.26 Å². The number of hydrogen-bond acceptors (Lipinski definition) is 5. The van der Waals surface area contributed by atoms with Gasteiger partial charge >= 0.3 is 0 Å². The highest BCUT2D eigenvalue weighted by Crippen LogP contribution is 2.21. The number of para-hydroxylation sites is 1. The van der Waals surface area contributed by atoms with E-state index in [-0.39, 0.29) is 4.90 Å². The smallest absolute Gasteiger partial charge is 0.180 e. The largest absolute Gasteiger partial charge is 0.447 e. The summed E-state index contributed by atoms with van der Waals surface area (Å²) < 4.78 is 28.1. The molecule has 1 aromatic heterocycles. The van der Waals surface area contributed by atoms with Crippen LogP contribution in [0.5, 0.6) is 0 Å². The van der Waals surface area contributed by atoms with Gasteiger partial charge in [-0.25, -0.2) is 13.4 Å². The van der Waals surface area contributed by atoms with Gasteiger partial charge < -0.3 is 9.73 Å². The minimum absolute atomic E-state index is 0.277. The van der Waals surface area contributed by atoms with E-state index < -0.39 is 9.84 Å². The van der Waals surface area contributed by atoms with Crippen LogP contribution in [0, 0.1) is 0 Å². The Kier molecular flexibility index (Phi) is 3.14. The van der Waals surface area contributed by atoms with E-state index in [0.29, 0.717) is 18.0 Å². The molecule has 17 heavy (non-hydrogen) atoms. The predicted octanol–water partition coefficient (Wildman–Crippen LogP) is 1.69. The molecular formula is C11H12N2O3S. The number of aromatic nitrogens is 1. The maximum Gasteiger partial charge on any atom is 0.180 e. The third-order valence-electron chi connectivity index (χ3n) is 2.22. The fourth-order valence-electron chi connectivity index (χ4n) is 1.45. The molecule has 1 aromatic carbocycles. The Balaban J connectivity index is 2.22. The molecule has 0 bridgehead atoms. The molecule has 6 heteroatoms. The van der Waals surface area contributed by atoms with Gasteiger partial charge in [-0.05, 0) is 12.1 Å². The molecule has 5 nitrogen and oxygen atoms in total. The van der Waals surface area contributed by atoms with Crippen molar-refractivity contribution in [1.82, 2.24) is 4.98 Å². The van der Waals surface area contributed by atoms with E-state index in [0.717, 1.165) is 0 Å². The molecule has 0 fully saturated rings. The maximum absolute atomic E-state index is 11.5. The first-order valence-corrected chi connectivity index (χ1v) is 6.87. The van der Waals surface area contributed by atoms with Gasteiger partial charge in [-0.15, -0.1) is 0 Å². The molecule has 0 saturated carbocycles. The number of nitrogens with zero attached hydrogens (tertiary/aromatic N) is 1. The van der Waals surface area contributed by atoms with E-state index in [1.807, 2.05) is 0 Å². The minimum atomic E-state index is -3.23. The summed E-state index contributed by atoms with van der Waals surface area (Å²) in [5.74, 6) is 0.647. The number of oxazole rings is 1. The summed E-state index contributed by atoms with van der Waals surface area (Å²) in [4.78, 5) is 4.06. The highest BCUT2D eigenvalue weighted by molar-refractivity contribution is 7.90. The predicted molar refractivity (Wildman–Crippen MR) is 63.4 cm³/mol. The minimum Gasteiger partial charge on any atom is -0.447 e. The fourth-order valence-corrected chi connectivity index (χ4v) is 2.31. The summed E-state index contributed by atoms with van der Waals surface area (Å²) in [6.07, 6.45) is 4.09. The molecule has 2 aromatic rings. The Morgan fingerprint density at radius 3 is 2.76 bits per heavy atom. The van der Waals surface area contributed by atoms with E-state index in [1.54, 1.807) is 30.5 Å². The van der Waals surface area contributed by atoms with Crippen molar-refractivity contribution in [3.63, 3.8) is 0 Å². The normalized spacial score (nSPS) is 11.4. The lowest BCUT2D eigenvalue weighted by Gasteiger charge is -2.08. The van der Waals surface area contributed by atoms with Crippen molar-refractivity contribution in [2.45, 2.75) is 11.4 Å². The van der Waals surface area contributed by atoms with Gasteiger partial charge in [0.25, 0.3) is 0 Å². The molecule has 0 saturated heterocycles. The number of rotatable bonds is 4. The molecule has 0 spiro atoms. The van der Waals surface area contributed by atoms with Crippen LogP contribution in [0.3, 0.4) is 0 Å². The second-order valence-corrected chi connectivity index (χ2v) is 5.57. The summed E-state index contributed by atoms with van der Waals surface area (Å²) in [5, 5.41) is 3.01. The zero-order chi connectivity index (χ0) is 12.3. The first kappa shape index (κ1) is 11.7. The van der Waals surface area contributed by atoms with Crippen molar-refractivity contribution in [2.24, 2.45) is 0 Å². The van der Waals surface area contributed by atoms with E-state index >= 15 is 0 Å². The first-order valence-electron chi connectivity index (χ1n) is 4.98. The van der Waals surface area contributed by atoms with Crippen LogP contribution in [-0.2, 0) is 16.4 Å². The number of nitrogens with one attached hydrogen (secondary N) is 1. The highest BCUT2D eigenvalue weighted by atomic mass is 32.2. The molecule has 90 valence electrons. The standard InChI is InChI=1S/C11H12N2O3S/c1-17(14,15)11-5-3-2-4-10(11)13-7-9-6-12-8-16-9/h2-6,8,13H,7H2,1H3. The molecule has 0 unspecified atom stereocenters.